The van der Waals surface area contributed by atoms with Gasteiger partial charge in [0.1, 0.15) is 0 Å². The third-order valence-electron chi connectivity index (χ3n) is 13.7. The van der Waals surface area contributed by atoms with Crippen molar-refractivity contribution in [3.63, 3.8) is 0 Å². The Labute approximate surface area is 395 Å². The van der Waals surface area contributed by atoms with Crippen LogP contribution >= 0.6 is 0 Å². The topological polar surface area (TPSA) is 9.86 Å². The third kappa shape index (κ3) is 6.82. The molecule has 0 radical (unpaired) electrons. The zero-order valence-corrected chi connectivity index (χ0v) is 37.3. The van der Waals surface area contributed by atoms with Crippen LogP contribution < -0.4 is 0 Å². The van der Waals surface area contributed by atoms with Gasteiger partial charge in [-0.3, -0.25) is 0 Å². The Kier molecular flexibility index (Phi) is 9.54. The minimum Gasteiger partial charge on any atom is -0.309 e. The van der Waals surface area contributed by atoms with Crippen molar-refractivity contribution in [3.05, 3.63) is 267 Å². The summed E-state index contributed by atoms with van der Waals surface area (Å²) in [6.45, 7) is 0. The van der Waals surface area contributed by atoms with Crippen molar-refractivity contribution in [1.29, 1.82) is 0 Å². The second-order valence-electron chi connectivity index (χ2n) is 17.7. The van der Waals surface area contributed by atoms with E-state index < -0.39 is 0 Å². The molecule has 0 fully saturated rings. The molecule has 0 spiro atoms. The second kappa shape index (κ2) is 16.5. The SMILES string of the molecule is c1ccc(-c2cccc(-c3cc(-c4ccccc4)cc(-c4cc(-c5ccc(-n6c7ccccc7c7ccccc76)cc5)ccc4-c4ccc(-n5c6ccccc6c6ccccc65)cc4)c3)c2)cc1. The number of rotatable bonds is 8. The molecule has 11 aromatic carbocycles. The first kappa shape index (κ1) is 39.4. The maximum absolute atomic E-state index is 2.40. The van der Waals surface area contributed by atoms with Crippen LogP contribution in [-0.2, 0) is 0 Å². The molecule has 0 N–H and O–H groups in total. The van der Waals surface area contributed by atoms with Gasteiger partial charge in [-0.15, -0.1) is 0 Å². The molecule has 0 atom stereocenters. The lowest BCUT2D eigenvalue weighted by Crippen LogP contribution is -1.95. The Balaban J connectivity index is 0.978. The van der Waals surface area contributed by atoms with Crippen LogP contribution in [-0.4, -0.2) is 9.13 Å². The number of para-hydroxylation sites is 4. The molecule has 68 heavy (non-hydrogen) atoms. The summed E-state index contributed by atoms with van der Waals surface area (Å²) < 4.78 is 4.77. The highest BCUT2D eigenvalue weighted by atomic mass is 15.0. The van der Waals surface area contributed by atoms with E-state index in [1.165, 1.54) is 93.7 Å². The average molecular weight is 865 g/mol. The summed E-state index contributed by atoms with van der Waals surface area (Å²) in [5.74, 6) is 0. The Morgan fingerprint density at radius 2 is 0.500 bits per heavy atom. The number of hydrogen-bond acceptors (Lipinski definition) is 0. The fraction of sp³-hybridized carbons (Fsp3) is 0. The Morgan fingerprint density at radius 1 is 0.176 bits per heavy atom. The lowest BCUT2D eigenvalue weighted by Gasteiger charge is -2.17. The van der Waals surface area contributed by atoms with Crippen LogP contribution in [0.3, 0.4) is 0 Å². The molecular formula is C66H44N2. The van der Waals surface area contributed by atoms with Crippen LogP contribution in [0.1, 0.15) is 0 Å². The molecule has 0 unspecified atom stereocenters. The van der Waals surface area contributed by atoms with Gasteiger partial charge in [0.15, 0.2) is 0 Å². The summed E-state index contributed by atoms with van der Waals surface area (Å²) in [6, 6.07) is 97.6. The van der Waals surface area contributed by atoms with E-state index in [9.17, 15) is 0 Å². The number of benzene rings is 11. The van der Waals surface area contributed by atoms with Gasteiger partial charge in [-0.1, -0.05) is 188 Å². The zero-order chi connectivity index (χ0) is 45.0. The average Bonchev–Trinajstić information content (AvgIpc) is 3.94. The van der Waals surface area contributed by atoms with Crippen LogP contribution in [0.15, 0.2) is 267 Å². The maximum atomic E-state index is 2.40. The Morgan fingerprint density at radius 3 is 1.00 bits per heavy atom. The number of fused-ring (bicyclic) bond motifs is 6. The van der Waals surface area contributed by atoms with E-state index in [1.54, 1.807) is 0 Å². The van der Waals surface area contributed by atoms with E-state index in [2.05, 4.69) is 276 Å². The first-order valence-electron chi connectivity index (χ1n) is 23.4. The van der Waals surface area contributed by atoms with E-state index in [1.807, 2.05) is 0 Å². The van der Waals surface area contributed by atoms with Gasteiger partial charge in [-0.2, -0.15) is 0 Å². The van der Waals surface area contributed by atoms with E-state index in [0.29, 0.717) is 0 Å². The van der Waals surface area contributed by atoms with Crippen LogP contribution in [0.2, 0.25) is 0 Å². The van der Waals surface area contributed by atoms with Gasteiger partial charge in [0.2, 0.25) is 0 Å². The molecule has 0 aliphatic rings. The normalized spacial score (nSPS) is 11.5. The standard InChI is InChI=1S/C66H44N2/c1-3-16-45(17-4-1)49-20-15-21-50(40-49)53-41-52(46-18-5-2-6-19-46)42-54(43-53)62-44-51(47-30-35-55(36-31-47)67-63-26-11-7-22-58(63)59-23-8-12-27-64(59)67)34-39-57(62)48-32-37-56(38-33-48)68-65-28-13-9-24-60(65)61-25-10-14-29-66(61)68/h1-44H. The van der Waals surface area contributed by atoms with Crippen molar-refractivity contribution in [2.75, 3.05) is 0 Å². The first-order chi connectivity index (χ1) is 33.7. The smallest absolute Gasteiger partial charge is 0.0541 e. The van der Waals surface area contributed by atoms with Gasteiger partial charge in [0.25, 0.3) is 0 Å². The Hall–Kier alpha value is -8.98. The van der Waals surface area contributed by atoms with Gasteiger partial charge in [-0.25, -0.2) is 0 Å². The largest absolute Gasteiger partial charge is 0.309 e. The molecule has 0 amide bonds. The van der Waals surface area contributed by atoms with Gasteiger partial charge < -0.3 is 9.13 Å². The molecule has 0 saturated heterocycles. The highest BCUT2D eigenvalue weighted by Gasteiger charge is 2.17. The van der Waals surface area contributed by atoms with Crippen molar-refractivity contribution in [1.82, 2.24) is 9.13 Å². The highest BCUT2D eigenvalue weighted by molar-refractivity contribution is 6.10. The molecule has 318 valence electrons. The first-order valence-corrected chi connectivity index (χ1v) is 23.4. The fourth-order valence-electron chi connectivity index (χ4n) is 10.5. The molecule has 2 heterocycles. The van der Waals surface area contributed by atoms with Crippen molar-refractivity contribution in [3.8, 4) is 78.1 Å². The van der Waals surface area contributed by atoms with E-state index >= 15 is 0 Å². The predicted octanol–water partition coefficient (Wildman–Crippen LogP) is 17.9. The van der Waals surface area contributed by atoms with E-state index in [4.69, 9.17) is 0 Å². The van der Waals surface area contributed by atoms with Crippen molar-refractivity contribution in [2.45, 2.75) is 0 Å². The van der Waals surface area contributed by atoms with Gasteiger partial charge in [0, 0.05) is 32.9 Å². The zero-order valence-electron chi connectivity index (χ0n) is 37.3. The van der Waals surface area contributed by atoms with Crippen LogP contribution in [0.4, 0.5) is 0 Å². The highest BCUT2D eigenvalue weighted by Crippen LogP contribution is 2.42. The molecule has 2 heteroatoms. The van der Waals surface area contributed by atoms with Crippen molar-refractivity contribution in [2.24, 2.45) is 0 Å². The van der Waals surface area contributed by atoms with E-state index in [0.717, 1.165) is 28.1 Å². The minimum absolute atomic E-state index is 1.14. The summed E-state index contributed by atoms with van der Waals surface area (Å²) in [6.07, 6.45) is 0. The van der Waals surface area contributed by atoms with Crippen molar-refractivity contribution >= 4 is 43.6 Å². The summed E-state index contributed by atoms with van der Waals surface area (Å²) in [4.78, 5) is 0. The van der Waals surface area contributed by atoms with Gasteiger partial charge in [-0.05, 0) is 146 Å². The summed E-state index contributed by atoms with van der Waals surface area (Å²) in [7, 11) is 0. The summed E-state index contributed by atoms with van der Waals surface area (Å²) in [5.41, 5.74) is 21.2. The third-order valence-corrected chi connectivity index (χ3v) is 13.7. The van der Waals surface area contributed by atoms with Crippen LogP contribution in [0.25, 0.3) is 122 Å². The van der Waals surface area contributed by atoms with Gasteiger partial charge >= 0.3 is 0 Å². The lowest BCUT2D eigenvalue weighted by atomic mass is 9.87. The molecule has 0 aliphatic heterocycles. The molecular weight excluding hydrogens is 821 g/mol. The van der Waals surface area contributed by atoms with Crippen molar-refractivity contribution < 1.29 is 0 Å². The monoisotopic (exact) mass is 864 g/mol. The number of nitrogens with zero attached hydrogens (tertiary/aromatic N) is 2. The van der Waals surface area contributed by atoms with Crippen LogP contribution in [0, 0.1) is 0 Å². The molecule has 0 saturated carbocycles. The molecule has 13 aromatic rings. The van der Waals surface area contributed by atoms with Crippen LogP contribution in [0.5, 0.6) is 0 Å². The van der Waals surface area contributed by atoms with Gasteiger partial charge in [0.05, 0.1) is 22.1 Å². The minimum atomic E-state index is 1.14. The number of aromatic nitrogens is 2. The quantitative estimate of drug-likeness (QED) is 0.144. The fourth-order valence-corrected chi connectivity index (χ4v) is 10.5. The summed E-state index contributed by atoms with van der Waals surface area (Å²) in [5, 5.41) is 5.05. The molecule has 2 nitrogen and oxygen atoms in total. The predicted molar refractivity (Wildman–Crippen MR) is 288 cm³/mol. The molecule has 13 rings (SSSR count). The Bertz CT molecular complexity index is 3880. The molecule has 0 bridgehead atoms. The second-order valence-corrected chi connectivity index (χ2v) is 17.7. The molecule has 0 aliphatic carbocycles. The molecule has 2 aromatic heterocycles. The lowest BCUT2D eigenvalue weighted by molar-refractivity contribution is 1.18. The summed E-state index contributed by atoms with van der Waals surface area (Å²) >= 11 is 0. The number of hydrogen-bond donors (Lipinski definition) is 0. The maximum Gasteiger partial charge on any atom is 0.0541 e. The van der Waals surface area contributed by atoms with E-state index in [-0.39, 0.29) is 0 Å².